The molecular weight excluding hydrogens is 364 g/mol. The van der Waals surface area contributed by atoms with Crippen LogP contribution >= 0.6 is 11.8 Å². The number of carboxylic acids is 1. The Kier molecular flexibility index (Phi) is 7.51. The van der Waals surface area contributed by atoms with Crippen molar-refractivity contribution in [2.75, 3.05) is 5.75 Å². The molecule has 0 unspecified atom stereocenters. The van der Waals surface area contributed by atoms with E-state index in [-0.39, 0.29) is 0 Å². The first-order valence-corrected chi connectivity index (χ1v) is 10.5. The van der Waals surface area contributed by atoms with E-state index in [0.717, 1.165) is 35.5 Å². The normalized spacial score (nSPS) is 11.0. The van der Waals surface area contributed by atoms with Crippen LogP contribution in [0.1, 0.15) is 27.8 Å². The van der Waals surface area contributed by atoms with Crippen LogP contribution < -0.4 is 0 Å². The molecule has 0 amide bonds. The van der Waals surface area contributed by atoms with Gasteiger partial charge in [0.25, 0.3) is 0 Å². The molecule has 1 N–H and O–H groups in total. The fourth-order valence-corrected chi connectivity index (χ4v) is 4.03. The maximum absolute atomic E-state index is 10.8. The Bertz CT molecular complexity index is 932. The Hall–Kier alpha value is -2.78. The lowest BCUT2D eigenvalue weighted by Gasteiger charge is -2.08. The lowest BCUT2D eigenvalue weighted by Crippen LogP contribution is -1.94. The zero-order valence-electron chi connectivity index (χ0n) is 15.8. The van der Waals surface area contributed by atoms with Crippen molar-refractivity contribution in [3.8, 4) is 0 Å². The van der Waals surface area contributed by atoms with E-state index in [1.165, 1.54) is 22.8 Å². The van der Waals surface area contributed by atoms with Crippen LogP contribution in [0.2, 0.25) is 0 Å². The van der Waals surface area contributed by atoms with Gasteiger partial charge in [-0.3, -0.25) is 0 Å². The number of benzene rings is 3. The predicted molar refractivity (Wildman–Crippen MR) is 119 cm³/mol. The standard InChI is InChI=1S/C25H24O2S/c26-25(27)14-13-23-11-4-5-12-24(23)18-21-9-6-10-22(17-21)19-28-16-15-20-7-2-1-3-8-20/h1-14,17H,15-16,18-19H2,(H,26,27)/b14-13+. The summed E-state index contributed by atoms with van der Waals surface area (Å²) in [6.07, 6.45) is 4.75. The minimum absolute atomic E-state index is 0.794. The highest BCUT2D eigenvalue weighted by Crippen LogP contribution is 2.19. The summed E-state index contributed by atoms with van der Waals surface area (Å²) in [6, 6.07) is 27.2. The van der Waals surface area contributed by atoms with Gasteiger partial charge in [0.2, 0.25) is 0 Å². The van der Waals surface area contributed by atoms with Crippen molar-refractivity contribution < 1.29 is 9.90 Å². The van der Waals surface area contributed by atoms with E-state index in [2.05, 4.69) is 60.7 Å². The quantitative estimate of drug-likeness (QED) is 0.369. The van der Waals surface area contributed by atoms with Crippen LogP contribution in [0.25, 0.3) is 6.08 Å². The second-order valence-corrected chi connectivity index (χ2v) is 7.76. The third-order valence-corrected chi connectivity index (χ3v) is 5.52. The summed E-state index contributed by atoms with van der Waals surface area (Å²) in [5, 5.41) is 8.88. The zero-order chi connectivity index (χ0) is 19.6. The molecular formula is C25H24O2S. The maximum atomic E-state index is 10.8. The molecule has 2 nitrogen and oxygen atoms in total. The van der Waals surface area contributed by atoms with Crippen LogP contribution in [0.15, 0.2) is 84.9 Å². The Balaban J connectivity index is 1.58. The van der Waals surface area contributed by atoms with Gasteiger partial charge in [-0.15, -0.1) is 0 Å². The van der Waals surface area contributed by atoms with Gasteiger partial charge in [0.15, 0.2) is 0 Å². The summed E-state index contributed by atoms with van der Waals surface area (Å²) >= 11 is 1.95. The van der Waals surface area contributed by atoms with Crippen molar-refractivity contribution in [3.05, 3.63) is 113 Å². The summed E-state index contributed by atoms with van der Waals surface area (Å²) in [5.41, 5.74) is 6.04. The lowest BCUT2D eigenvalue weighted by molar-refractivity contribution is -0.131. The van der Waals surface area contributed by atoms with E-state index >= 15 is 0 Å². The molecule has 0 atom stereocenters. The van der Waals surface area contributed by atoms with Gasteiger partial charge < -0.3 is 5.11 Å². The number of thioether (sulfide) groups is 1. The highest BCUT2D eigenvalue weighted by molar-refractivity contribution is 7.98. The molecule has 3 aromatic rings. The SMILES string of the molecule is O=C(O)/C=C/c1ccccc1Cc1cccc(CSCCc2ccccc2)c1. The third kappa shape index (κ3) is 6.43. The predicted octanol–water partition coefficient (Wildman–Crippen LogP) is 5.85. The second-order valence-electron chi connectivity index (χ2n) is 6.66. The van der Waals surface area contributed by atoms with Gasteiger partial charge in [-0.05, 0) is 52.5 Å². The van der Waals surface area contributed by atoms with Crippen LogP contribution in [-0.4, -0.2) is 16.8 Å². The monoisotopic (exact) mass is 388 g/mol. The summed E-state index contributed by atoms with van der Waals surface area (Å²) in [4.78, 5) is 10.8. The summed E-state index contributed by atoms with van der Waals surface area (Å²) in [5.74, 6) is 1.18. The second kappa shape index (κ2) is 10.5. The van der Waals surface area contributed by atoms with Crippen LogP contribution in [0.4, 0.5) is 0 Å². The van der Waals surface area contributed by atoms with Gasteiger partial charge in [0, 0.05) is 11.8 Å². The average molecular weight is 389 g/mol. The van der Waals surface area contributed by atoms with Gasteiger partial charge in [-0.1, -0.05) is 78.9 Å². The number of carboxylic acid groups (broad SMARTS) is 1. The fraction of sp³-hybridized carbons (Fsp3) is 0.160. The molecule has 3 heteroatoms. The number of hydrogen-bond acceptors (Lipinski definition) is 2. The van der Waals surface area contributed by atoms with E-state index in [9.17, 15) is 4.79 Å². The van der Waals surface area contributed by atoms with Crippen molar-refractivity contribution >= 4 is 23.8 Å². The molecule has 142 valence electrons. The van der Waals surface area contributed by atoms with Crippen molar-refractivity contribution in [1.29, 1.82) is 0 Å². The Morgan fingerprint density at radius 1 is 0.857 bits per heavy atom. The Labute approximate surface area is 170 Å². The number of rotatable bonds is 9. The van der Waals surface area contributed by atoms with Crippen LogP contribution in [0.5, 0.6) is 0 Å². The zero-order valence-corrected chi connectivity index (χ0v) is 16.6. The van der Waals surface area contributed by atoms with Crippen LogP contribution in [0, 0.1) is 0 Å². The number of aliphatic carboxylic acids is 1. The molecule has 0 aromatic heterocycles. The molecule has 0 saturated carbocycles. The minimum Gasteiger partial charge on any atom is -0.478 e. The maximum Gasteiger partial charge on any atom is 0.328 e. The molecule has 0 radical (unpaired) electrons. The number of carbonyl (C=O) groups is 1. The van der Waals surface area contributed by atoms with Crippen molar-refractivity contribution in [1.82, 2.24) is 0 Å². The van der Waals surface area contributed by atoms with E-state index in [0.29, 0.717) is 0 Å². The van der Waals surface area contributed by atoms with Crippen molar-refractivity contribution in [2.24, 2.45) is 0 Å². The molecule has 0 heterocycles. The number of hydrogen-bond donors (Lipinski definition) is 1. The Morgan fingerprint density at radius 2 is 1.57 bits per heavy atom. The van der Waals surface area contributed by atoms with Gasteiger partial charge >= 0.3 is 5.97 Å². The summed E-state index contributed by atoms with van der Waals surface area (Å²) in [6.45, 7) is 0. The first-order chi connectivity index (χ1) is 13.7. The van der Waals surface area contributed by atoms with E-state index in [1.54, 1.807) is 6.08 Å². The van der Waals surface area contributed by atoms with Crippen molar-refractivity contribution in [2.45, 2.75) is 18.6 Å². The number of aryl methyl sites for hydroxylation is 1. The van der Waals surface area contributed by atoms with Crippen LogP contribution in [-0.2, 0) is 23.4 Å². The lowest BCUT2D eigenvalue weighted by atomic mass is 9.98. The van der Waals surface area contributed by atoms with E-state index < -0.39 is 5.97 Å². The van der Waals surface area contributed by atoms with Gasteiger partial charge in [0.05, 0.1) is 0 Å². The first-order valence-electron chi connectivity index (χ1n) is 9.39. The molecule has 0 fully saturated rings. The molecule has 28 heavy (non-hydrogen) atoms. The average Bonchev–Trinajstić information content (AvgIpc) is 2.72. The largest absolute Gasteiger partial charge is 0.478 e. The molecule has 3 rings (SSSR count). The molecule has 0 aliphatic rings. The summed E-state index contributed by atoms with van der Waals surface area (Å²) < 4.78 is 0. The van der Waals surface area contributed by atoms with Crippen molar-refractivity contribution in [3.63, 3.8) is 0 Å². The molecule has 3 aromatic carbocycles. The van der Waals surface area contributed by atoms with E-state index in [4.69, 9.17) is 5.11 Å². The first kappa shape index (κ1) is 20.0. The summed E-state index contributed by atoms with van der Waals surface area (Å²) in [7, 11) is 0. The molecule has 0 saturated heterocycles. The van der Waals surface area contributed by atoms with Gasteiger partial charge in [-0.25, -0.2) is 4.79 Å². The topological polar surface area (TPSA) is 37.3 Å². The molecule has 0 bridgehead atoms. The van der Waals surface area contributed by atoms with Crippen LogP contribution in [0.3, 0.4) is 0 Å². The van der Waals surface area contributed by atoms with Gasteiger partial charge in [-0.2, -0.15) is 11.8 Å². The smallest absolute Gasteiger partial charge is 0.328 e. The highest BCUT2D eigenvalue weighted by atomic mass is 32.2. The molecule has 0 aliphatic heterocycles. The van der Waals surface area contributed by atoms with Gasteiger partial charge in [0.1, 0.15) is 0 Å². The fourth-order valence-electron chi connectivity index (χ4n) is 3.09. The van der Waals surface area contributed by atoms with E-state index in [1.807, 2.05) is 30.0 Å². The highest BCUT2D eigenvalue weighted by Gasteiger charge is 2.03. The third-order valence-electron chi connectivity index (χ3n) is 4.49. The Morgan fingerprint density at radius 3 is 2.39 bits per heavy atom. The molecule has 0 aliphatic carbocycles. The minimum atomic E-state index is -0.927. The molecule has 0 spiro atoms.